The van der Waals surface area contributed by atoms with Gasteiger partial charge in [0, 0.05) is 6.07 Å². The van der Waals surface area contributed by atoms with Gasteiger partial charge in [-0.05, 0) is 13.0 Å². The fraction of sp³-hybridized carbons (Fsp3) is 0.417. The van der Waals surface area contributed by atoms with Gasteiger partial charge in [0.1, 0.15) is 11.7 Å². The molecule has 2 N–H and O–H groups in total. The molecule has 7 heteroatoms. The number of carbonyl (C=O) groups excluding carboxylic acids is 1. The summed E-state index contributed by atoms with van der Waals surface area (Å²) in [7, 11) is 0. The summed E-state index contributed by atoms with van der Waals surface area (Å²) >= 11 is 0. The summed E-state index contributed by atoms with van der Waals surface area (Å²) in [4.78, 5) is 33.9. The zero-order valence-electron chi connectivity index (χ0n) is 10.2. The van der Waals surface area contributed by atoms with Gasteiger partial charge in [-0.2, -0.15) is 0 Å². The minimum atomic E-state index is -1.16. The van der Waals surface area contributed by atoms with Crippen molar-refractivity contribution >= 4 is 11.9 Å². The second-order valence-electron chi connectivity index (χ2n) is 4.61. The molecule has 1 aliphatic rings. The van der Waals surface area contributed by atoms with Crippen LogP contribution in [0.5, 0.6) is 0 Å². The maximum absolute atomic E-state index is 11.9. The standard InChI is InChI=1S/C12H13NO6/c1-12(11(16)17)6-18-5-8(12)13-10(15)7-2-3-9(14)19-4-7/h2-4,8H,5-6H2,1H3,(H,13,15)(H,16,17). The number of nitrogens with one attached hydrogen (secondary N) is 1. The van der Waals surface area contributed by atoms with Gasteiger partial charge in [0.25, 0.3) is 5.91 Å². The van der Waals surface area contributed by atoms with E-state index in [1.165, 1.54) is 13.0 Å². The van der Waals surface area contributed by atoms with Crippen molar-refractivity contribution in [3.05, 3.63) is 34.4 Å². The first kappa shape index (κ1) is 13.3. The third-order valence-electron chi connectivity index (χ3n) is 3.21. The third-order valence-corrected chi connectivity index (χ3v) is 3.21. The molecule has 2 unspecified atom stereocenters. The lowest BCUT2D eigenvalue weighted by molar-refractivity contribution is -0.148. The van der Waals surface area contributed by atoms with E-state index in [0.717, 1.165) is 12.3 Å². The Kier molecular flexibility index (Phi) is 3.39. The fourth-order valence-electron chi connectivity index (χ4n) is 1.81. The lowest BCUT2D eigenvalue weighted by atomic mass is 9.85. The van der Waals surface area contributed by atoms with Crippen LogP contribution in [0.1, 0.15) is 17.3 Å². The first-order valence-corrected chi connectivity index (χ1v) is 5.64. The van der Waals surface area contributed by atoms with Crippen molar-refractivity contribution in [2.45, 2.75) is 13.0 Å². The number of carboxylic acid groups (broad SMARTS) is 1. The normalized spacial score (nSPS) is 26.1. The van der Waals surface area contributed by atoms with Crippen molar-refractivity contribution in [2.75, 3.05) is 13.2 Å². The third kappa shape index (κ3) is 2.50. The molecule has 2 heterocycles. The molecule has 102 valence electrons. The van der Waals surface area contributed by atoms with Crippen LogP contribution in [0.2, 0.25) is 0 Å². The summed E-state index contributed by atoms with van der Waals surface area (Å²) < 4.78 is 9.70. The number of rotatable bonds is 3. The number of hydrogen-bond acceptors (Lipinski definition) is 5. The largest absolute Gasteiger partial charge is 0.481 e. The maximum Gasteiger partial charge on any atom is 0.335 e. The van der Waals surface area contributed by atoms with E-state index in [0.29, 0.717) is 0 Å². The molecule has 2 atom stereocenters. The molecule has 2 rings (SSSR count). The first-order chi connectivity index (χ1) is 8.93. The fourth-order valence-corrected chi connectivity index (χ4v) is 1.81. The number of hydrogen-bond donors (Lipinski definition) is 2. The van der Waals surface area contributed by atoms with E-state index in [-0.39, 0.29) is 18.8 Å². The average molecular weight is 267 g/mol. The predicted molar refractivity (Wildman–Crippen MR) is 62.8 cm³/mol. The van der Waals surface area contributed by atoms with Crippen molar-refractivity contribution < 1.29 is 23.8 Å². The van der Waals surface area contributed by atoms with Crippen LogP contribution in [0.25, 0.3) is 0 Å². The maximum atomic E-state index is 11.9. The molecule has 1 aliphatic heterocycles. The second-order valence-corrected chi connectivity index (χ2v) is 4.61. The number of ether oxygens (including phenoxy) is 1. The van der Waals surface area contributed by atoms with Gasteiger partial charge >= 0.3 is 11.6 Å². The Hall–Kier alpha value is -2.15. The van der Waals surface area contributed by atoms with Crippen LogP contribution in [-0.4, -0.2) is 36.2 Å². The van der Waals surface area contributed by atoms with Crippen molar-refractivity contribution in [1.29, 1.82) is 0 Å². The molecule has 1 amide bonds. The van der Waals surface area contributed by atoms with Crippen LogP contribution in [0.4, 0.5) is 0 Å². The highest BCUT2D eigenvalue weighted by Gasteiger charge is 2.47. The van der Waals surface area contributed by atoms with Crippen molar-refractivity contribution in [2.24, 2.45) is 5.41 Å². The SMILES string of the molecule is CC1(C(=O)O)COCC1NC(=O)c1ccc(=O)oc1. The van der Waals surface area contributed by atoms with Gasteiger partial charge in [0.15, 0.2) is 0 Å². The quantitative estimate of drug-likeness (QED) is 0.789. The summed E-state index contributed by atoms with van der Waals surface area (Å²) in [6.07, 6.45) is 1.03. The van der Waals surface area contributed by atoms with Crippen molar-refractivity contribution in [1.82, 2.24) is 5.32 Å². The first-order valence-electron chi connectivity index (χ1n) is 5.64. The van der Waals surface area contributed by atoms with Crippen LogP contribution in [-0.2, 0) is 9.53 Å². The molecule has 1 fully saturated rings. The van der Waals surface area contributed by atoms with Crippen LogP contribution < -0.4 is 10.9 Å². The van der Waals surface area contributed by atoms with Gasteiger partial charge in [0.2, 0.25) is 0 Å². The summed E-state index contributed by atoms with van der Waals surface area (Å²) in [6, 6.07) is 1.80. The molecule has 1 saturated heterocycles. The lowest BCUT2D eigenvalue weighted by Crippen LogP contribution is -2.49. The average Bonchev–Trinajstić information content (AvgIpc) is 2.73. The highest BCUT2D eigenvalue weighted by atomic mass is 16.5. The van der Waals surface area contributed by atoms with Gasteiger partial charge < -0.3 is 19.6 Å². The Morgan fingerprint density at radius 1 is 1.47 bits per heavy atom. The monoisotopic (exact) mass is 267 g/mol. The molecular formula is C12H13NO6. The van der Waals surface area contributed by atoms with Crippen LogP contribution in [0.3, 0.4) is 0 Å². The number of carboxylic acids is 1. The molecule has 0 saturated carbocycles. The molecule has 7 nitrogen and oxygen atoms in total. The van der Waals surface area contributed by atoms with Crippen molar-refractivity contribution in [3.63, 3.8) is 0 Å². The molecule has 0 aromatic carbocycles. The van der Waals surface area contributed by atoms with E-state index in [1.54, 1.807) is 0 Å². The van der Waals surface area contributed by atoms with E-state index in [2.05, 4.69) is 9.73 Å². The van der Waals surface area contributed by atoms with Crippen LogP contribution in [0, 0.1) is 5.41 Å². The van der Waals surface area contributed by atoms with E-state index >= 15 is 0 Å². The van der Waals surface area contributed by atoms with E-state index in [9.17, 15) is 19.5 Å². The summed E-state index contributed by atoms with van der Waals surface area (Å²) in [6.45, 7) is 1.68. The number of aliphatic carboxylic acids is 1. The highest BCUT2D eigenvalue weighted by Crippen LogP contribution is 2.28. The minimum Gasteiger partial charge on any atom is -0.481 e. The molecule has 1 aromatic heterocycles. The molecule has 0 radical (unpaired) electrons. The van der Waals surface area contributed by atoms with E-state index in [4.69, 9.17) is 4.74 Å². The summed E-state index contributed by atoms with van der Waals surface area (Å²) in [5, 5.41) is 11.8. The highest BCUT2D eigenvalue weighted by molar-refractivity contribution is 5.94. The van der Waals surface area contributed by atoms with Crippen LogP contribution >= 0.6 is 0 Å². The topological polar surface area (TPSA) is 106 Å². The predicted octanol–water partition coefficient (Wildman–Crippen LogP) is -0.141. The number of carbonyl (C=O) groups is 2. The lowest BCUT2D eigenvalue weighted by Gasteiger charge is -2.25. The molecule has 0 bridgehead atoms. The summed E-state index contributed by atoms with van der Waals surface area (Å²) in [5.74, 6) is -1.54. The van der Waals surface area contributed by atoms with E-state index < -0.39 is 29.0 Å². The Bertz CT molecular complexity index is 545. The Morgan fingerprint density at radius 2 is 2.21 bits per heavy atom. The Morgan fingerprint density at radius 3 is 2.79 bits per heavy atom. The second kappa shape index (κ2) is 4.85. The molecule has 0 aliphatic carbocycles. The molecule has 19 heavy (non-hydrogen) atoms. The molecular weight excluding hydrogens is 254 g/mol. The van der Waals surface area contributed by atoms with Gasteiger partial charge in [-0.1, -0.05) is 0 Å². The van der Waals surface area contributed by atoms with Gasteiger partial charge in [0.05, 0.1) is 24.8 Å². The van der Waals surface area contributed by atoms with Crippen molar-refractivity contribution in [3.8, 4) is 0 Å². The minimum absolute atomic E-state index is 0.0388. The zero-order chi connectivity index (χ0) is 14.0. The molecule has 1 aromatic rings. The summed E-state index contributed by atoms with van der Waals surface area (Å²) in [5.41, 5.74) is -1.57. The van der Waals surface area contributed by atoms with Gasteiger partial charge in [-0.25, -0.2) is 4.79 Å². The van der Waals surface area contributed by atoms with E-state index in [1.807, 2.05) is 0 Å². The zero-order valence-corrected chi connectivity index (χ0v) is 10.2. The Balaban J connectivity index is 2.13. The Labute approximate surface area is 108 Å². The van der Waals surface area contributed by atoms with Gasteiger partial charge in [-0.3, -0.25) is 9.59 Å². The van der Waals surface area contributed by atoms with Gasteiger partial charge in [-0.15, -0.1) is 0 Å². The molecule has 0 spiro atoms. The number of amides is 1. The van der Waals surface area contributed by atoms with Crippen LogP contribution in [0.15, 0.2) is 27.6 Å². The smallest absolute Gasteiger partial charge is 0.335 e.